The van der Waals surface area contributed by atoms with Crippen molar-refractivity contribution in [2.45, 2.75) is 70.3 Å². The van der Waals surface area contributed by atoms with E-state index >= 15 is 0 Å². The predicted octanol–water partition coefficient (Wildman–Crippen LogP) is 5.54. The average Bonchev–Trinajstić information content (AvgIpc) is 3.58. The smallest absolute Gasteiger partial charge is 0.433 e. The second-order valence-corrected chi connectivity index (χ2v) is 12.4. The number of carbonyl (C=O) groups excluding carboxylic acids is 1. The first-order valence-corrected chi connectivity index (χ1v) is 14.8. The molecule has 5 rings (SSSR count). The minimum absolute atomic E-state index is 0.0119. The Morgan fingerprint density at radius 3 is 2.05 bits per heavy atom. The van der Waals surface area contributed by atoms with E-state index in [1.54, 1.807) is 13.8 Å². The number of benzene rings is 1. The third-order valence-electron chi connectivity index (χ3n) is 6.67. The van der Waals surface area contributed by atoms with Gasteiger partial charge >= 0.3 is 12.4 Å². The first-order chi connectivity index (χ1) is 20.0. The van der Waals surface area contributed by atoms with Crippen LogP contribution in [0.2, 0.25) is 0 Å². The van der Waals surface area contributed by atoms with Crippen molar-refractivity contribution in [1.82, 2.24) is 20.2 Å². The van der Waals surface area contributed by atoms with Crippen molar-refractivity contribution in [1.29, 1.82) is 0 Å². The molecular weight excluding hydrogens is 602 g/mol. The number of amides is 1. The van der Waals surface area contributed by atoms with E-state index in [4.69, 9.17) is 4.74 Å². The Hall–Kier alpha value is -3.72. The summed E-state index contributed by atoms with van der Waals surface area (Å²) in [6.07, 6.45) is -6.77. The van der Waals surface area contributed by atoms with E-state index in [0.717, 1.165) is 23.9 Å². The highest BCUT2D eigenvalue weighted by Crippen LogP contribution is 2.34. The minimum atomic E-state index is -4.58. The fraction of sp³-hybridized carbons (Fsp3) is 0.393. The number of halogens is 6. The SMILES string of the molecule is CCS(=O)(=O)c1ccc(OC(C)C)c(C(=O)N2Cc3cnc(C(F)(F)F)cc3C2)c1.FC(F)(F)c1cc2c(cn1)CNC2. The first kappa shape index (κ1) is 32.2. The van der Waals surface area contributed by atoms with Crippen molar-refractivity contribution in [2.75, 3.05) is 5.75 Å². The van der Waals surface area contributed by atoms with Gasteiger partial charge in [0.2, 0.25) is 0 Å². The van der Waals surface area contributed by atoms with Crippen molar-refractivity contribution in [3.8, 4) is 5.75 Å². The van der Waals surface area contributed by atoms with Gasteiger partial charge in [0.05, 0.1) is 22.3 Å². The Morgan fingerprint density at radius 1 is 0.907 bits per heavy atom. The normalized spacial score (nSPS) is 14.7. The molecular formula is C28H28F6N4O4S. The topological polar surface area (TPSA) is 101 Å². The number of hydrogen-bond donors (Lipinski definition) is 1. The van der Waals surface area contributed by atoms with Gasteiger partial charge in [-0.25, -0.2) is 8.42 Å². The fourth-order valence-electron chi connectivity index (χ4n) is 4.48. The molecule has 0 fully saturated rings. The summed E-state index contributed by atoms with van der Waals surface area (Å²) in [7, 11) is -3.56. The van der Waals surface area contributed by atoms with Gasteiger partial charge in [-0.15, -0.1) is 0 Å². The molecule has 4 heterocycles. The molecule has 0 atom stereocenters. The summed E-state index contributed by atoms with van der Waals surface area (Å²) in [5, 5.41) is 2.96. The number of fused-ring (bicyclic) bond motifs is 2. The standard InChI is InChI=1S/C20H21F3N2O4S.C8H7F3N2/c1-4-30(27,28)15-5-6-17(29-12(2)3)16(8-15)19(26)25-10-13-7-18(20(21,22)23)24-9-14(13)11-25;9-8(10,11)7-1-5-2-12-3-6(5)4-13-7/h5-9,12H,4,10-11H2,1-3H3;1,4,12H,2-3H2. The summed E-state index contributed by atoms with van der Waals surface area (Å²) in [4.78, 5) is 21.3. The lowest BCUT2D eigenvalue weighted by Gasteiger charge is -2.20. The van der Waals surface area contributed by atoms with Gasteiger partial charge in [-0.05, 0) is 66.4 Å². The number of carbonyl (C=O) groups is 1. The molecule has 3 aromatic rings. The van der Waals surface area contributed by atoms with Gasteiger partial charge in [0.15, 0.2) is 9.84 Å². The lowest BCUT2D eigenvalue weighted by atomic mass is 10.1. The molecule has 43 heavy (non-hydrogen) atoms. The maximum atomic E-state index is 13.2. The van der Waals surface area contributed by atoms with Gasteiger partial charge < -0.3 is 15.0 Å². The van der Waals surface area contributed by atoms with Crippen molar-refractivity contribution in [3.05, 3.63) is 81.9 Å². The lowest BCUT2D eigenvalue weighted by molar-refractivity contribution is -0.142. The largest absolute Gasteiger partial charge is 0.490 e. The molecule has 2 aliphatic heterocycles. The number of ether oxygens (including phenoxy) is 1. The van der Waals surface area contributed by atoms with E-state index < -0.39 is 39.5 Å². The quantitative estimate of drug-likeness (QED) is 0.370. The van der Waals surface area contributed by atoms with Gasteiger partial charge in [-0.3, -0.25) is 14.8 Å². The Morgan fingerprint density at radius 2 is 1.47 bits per heavy atom. The highest BCUT2D eigenvalue weighted by Gasteiger charge is 2.36. The third-order valence-corrected chi connectivity index (χ3v) is 8.40. The summed E-state index contributed by atoms with van der Waals surface area (Å²) < 4.78 is 105. The van der Waals surface area contributed by atoms with Crippen LogP contribution < -0.4 is 10.1 Å². The number of pyridine rings is 2. The maximum absolute atomic E-state index is 13.2. The summed E-state index contributed by atoms with van der Waals surface area (Å²) in [5.41, 5.74) is 0.644. The van der Waals surface area contributed by atoms with Crippen LogP contribution in [0.15, 0.2) is 47.6 Å². The zero-order valence-corrected chi connectivity index (χ0v) is 24.1. The van der Waals surface area contributed by atoms with Crippen LogP contribution in [0.1, 0.15) is 64.8 Å². The third kappa shape index (κ3) is 7.44. The molecule has 0 aliphatic carbocycles. The highest BCUT2D eigenvalue weighted by atomic mass is 32.2. The van der Waals surface area contributed by atoms with Gasteiger partial charge in [0.25, 0.3) is 5.91 Å². The molecule has 0 unspecified atom stereocenters. The van der Waals surface area contributed by atoms with E-state index in [0.29, 0.717) is 29.8 Å². The lowest BCUT2D eigenvalue weighted by Crippen LogP contribution is -2.26. The molecule has 0 radical (unpaired) electrons. The zero-order chi connectivity index (χ0) is 31.7. The second kappa shape index (κ2) is 12.1. The number of aromatic nitrogens is 2. The summed E-state index contributed by atoms with van der Waals surface area (Å²) in [6.45, 7) is 6.18. The molecule has 15 heteroatoms. The minimum Gasteiger partial charge on any atom is -0.490 e. The van der Waals surface area contributed by atoms with Gasteiger partial charge in [0.1, 0.15) is 17.1 Å². The van der Waals surface area contributed by atoms with E-state index in [9.17, 15) is 39.6 Å². The van der Waals surface area contributed by atoms with E-state index in [1.165, 1.54) is 36.2 Å². The van der Waals surface area contributed by atoms with Gasteiger partial charge in [-0.1, -0.05) is 6.92 Å². The van der Waals surface area contributed by atoms with Crippen molar-refractivity contribution < 1.29 is 44.3 Å². The summed E-state index contributed by atoms with van der Waals surface area (Å²) in [6, 6.07) is 6.12. The zero-order valence-electron chi connectivity index (χ0n) is 23.3. The monoisotopic (exact) mass is 630 g/mol. The molecule has 0 saturated carbocycles. The fourth-order valence-corrected chi connectivity index (χ4v) is 5.39. The van der Waals surface area contributed by atoms with Crippen LogP contribution in [0.3, 0.4) is 0 Å². The average molecular weight is 631 g/mol. The second-order valence-electron chi connectivity index (χ2n) is 10.2. The number of hydrogen-bond acceptors (Lipinski definition) is 7. The number of sulfone groups is 1. The van der Waals surface area contributed by atoms with E-state index in [-0.39, 0.29) is 41.2 Å². The van der Waals surface area contributed by atoms with Gasteiger partial charge in [0, 0.05) is 38.6 Å². The number of alkyl halides is 6. The van der Waals surface area contributed by atoms with E-state index in [2.05, 4.69) is 15.3 Å². The molecule has 0 bridgehead atoms. The molecule has 0 spiro atoms. The molecule has 2 aromatic heterocycles. The molecule has 0 saturated heterocycles. The number of rotatable bonds is 5. The summed E-state index contributed by atoms with van der Waals surface area (Å²) >= 11 is 0. The highest BCUT2D eigenvalue weighted by molar-refractivity contribution is 7.91. The van der Waals surface area contributed by atoms with Crippen LogP contribution in [0, 0.1) is 0 Å². The molecule has 232 valence electrons. The van der Waals surface area contributed by atoms with Crippen LogP contribution in [0.25, 0.3) is 0 Å². The van der Waals surface area contributed by atoms with Gasteiger partial charge in [-0.2, -0.15) is 26.3 Å². The Kier molecular flexibility index (Phi) is 9.07. The number of nitrogens with one attached hydrogen (secondary N) is 1. The van der Waals surface area contributed by atoms with Crippen LogP contribution in [-0.4, -0.2) is 41.0 Å². The van der Waals surface area contributed by atoms with Crippen molar-refractivity contribution in [3.63, 3.8) is 0 Å². The maximum Gasteiger partial charge on any atom is 0.433 e. The van der Waals surface area contributed by atoms with E-state index in [1.807, 2.05) is 0 Å². The first-order valence-electron chi connectivity index (χ1n) is 13.1. The molecule has 2 aliphatic rings. The van der Waals surface area contributed by atoms with Crippen LogP contribution in [0.5, 0.6) is 5.75 Å². The van der Waals surface area contributed by atoms with Crippen molar-refractivity contribution >= 4 is 15.7 Å². The van der Waals surface area contributed by atoms with Crippen LogP contribution in [-0.2, 0) is 48.4 Å². The molecule has 1 N–H and O–H groups in total. The molecule has 1 aromatic carbocycles. The van der Waals surface area contributed by atoms with Crippen LogP contribution in [0.4, 0.5) is 26.3 Å². The Labute approximate surface area is 244 Å². The Balaban J connectivity index is 0.000000269. The number of nitrogens with zero attached hydrogens (tertiary/aromatic N) is 3. The molecule has 8 nitrogen and oxygen atoms in total. The van der Waals surface area contributed by atoms with Crippen molar-refractivity contribution in [2.24, 2.45) is 0 Å². The predicted molar refractivity (Wildman–Crippen MR) is 143 cm³/mol. The summed E-state index contributed by atoms with van der Waals surface area (Å²) in [5.74, 6) is -0.440. The molecule has 1 amide bonds. The Bertz CT molecular complexity index is 1620. The van der Waals surface area contributed by atoms with Crippen LogP contribution >= 0.6 is 0 Å².